The highest BCUT2D eigenvalue weighted by Gasteiger charge is 2.26. The fourth-order valence-corrected chi connectivity index (χ4v) is 3.97. The van der Waals surface area contributed by atoms with E-state index in [0.717, 1.165) is 31.5 Å². The summed E-state index contributed by atoms with van der Waals surface area (Å²) in [6, 6.07) is 16.6. The Morgan fingerprint density at radius 1 is 1.07 bits per heavy atom. The number of aliphatic hydroxyl groups is 1. The lowest BCUT2D eigenvalue weighted by atomic mass is 9.88. The Balaban J connectivity index is 1.25. The number of piperidine rings is 1. The van der Waals surface area contributed by atoms with Crippen LogP contribution in [0.25, 0.3) is 0 Å². The highest BCUT2D eigenvalue weighted by atomic mass is 19.1. The van der Waals surface area contributed by atoms with E-state index in [2.05, 4.69) is 27.2 Å². The van der Waals surface area contributed by atoms with Crippen LogP contribution in [0.2, 0.25) is 0 Å². The van der Waals surface area contributed by atoms with Gasteiger partial charge in [0.05, 0.1) is 12.6 Å². The molecule has 29 heavy (non-hydrogen) atoms. The van der Waals surface area contributed by atoms with Gasteiger partial charge in [-0.15, -0.1) is 0 Å². The second kappa shape index (κ2) is 9.29. The smallest absolute Gasteiger partial charge is 0.240 e. The van der Waals surface area contributed by atoms with Gasteiger partial charge in [0.15, 0.2) is 5.82 Å². The molecule has 152 valence electrons. The monoisotopic (exact) mass is 395 g/mol. The minimum atomic E-state index is -0.305. The fourth-order valence-electron chi connectivity index (χ4n) is 3.97. The molecule has 0 bridgehead atoms. The minimum absolute atomic E-state index is 0.261. The van der Waals surface area contributed by atoms with Crippen LogP contribution >= 0.6 is 0 Å². The zero-order valence-corrected chi connectivity index (χ0v) is 16.4. The average Bonchev–Trinajstić information content (AvgIpc) is 3.16. The lowest BCUT2D eigenvalue weighted by Gasteiger charge is -2.33. The molecule has 1 N–H and O–H groups in total. The number of aliphatic hydroxyl groups excluding tert-OH is 1. The van der Waals surface area contributed by atoms with Crippen LogP contribution in [-0.4, -0.2) is 39.3 Å². The first-order chi connectivity index (χ1) is 14.2. The van der Waals surface area contributed by atoms with Gasteiger partial charge >= 0.3 is 0 Å². The Labute approximate surface area is 170 Å². The van der Waals surface area contributed by atoms with E-state index < -0.39 is 0 Å². The first-order valence-electron chi connectivity index (χ1n) is 10.2. The predicted molar refractivity (Wildman–Crippen MR) is 108 cm³/mol. The van der Waals surface area contributed by atoms with Crippen molar-refractivity contribution in [1.82, 2.24) is 15.0 Å². The predicted octanol–water partition coefficient (Wildman–Crippen LogP) is 3.62. The van der Waals surface area contributed by atoms with Crippen molar-refractivity contribution in [2.45, 2.75) is 38.3 Å². The summed E-state index contributed by atoms with van der Waals surface area (Å²) in [6.45, 7) is 2.41. The van der Waals surface area contributed by atoms with E-state index in [4.69, 9.17) is 4.52 Å². The Kier molecular flexibility index (Phi) is 6.32. The summed E-state index contributed by atoms with van der Waals surface area (Å²) in [6.07, 6.45) is 2.77. The van der Waals surface area contributed by atoms with Crippen LogP contribution in [0, 0.1) is 11.7 Å². The molecular formula is C23H26FN3O2. The number of benzene rings is 2. The van der Waals surface area contributed by atoms with Crippen molar-refractivity contribution in [2.24, 2.45) is 5.92 Å². The van der Waals surface area contributed by atoms with Crippen LogP contribution in [0.5, 0.6) is 0 Å². The average molecular weight is 395 g/mol. The molecule has 1 saturated heterocycles. The summed E-state index contributed by atoms with van der Waals surface area (Å²) in [5.74, 6) is 1.21. The highest BCUT2D eigenvalue weighted by Crippen LogP contribution is 2.24. The van der Waals surface area contributed by atoms with Crippen molar-refractivity contribution in [1.29, 1.82) is 0 Å². The lowest BCUT2D eigenvalue weighted by molar-refractivity contribution is 0.0547. The molecule has 1 aliphatic heterocycles. The summed E-state index contributed by atoms with van der Waals surface area (Å²) in [7, 11) is 0. The minimum Gasteiger partial charge on any atom is -0.392 e. The molecule has 0 aliphatic carbocycles. The first-order valence-corrected chi connectivity index (χ1v) is 10.2. The van der Waals surface area contributed by atoms with E-state index in [1.165, 1.54) is 17.7 Å². The number of hydrogen-bond donors (Lipinski definition) is 1. The molecule has 1 aromatic heterocycles. The van der Waals surface area contributed by atoms with Crippen LogP contribution < -0.4 is 0 Å². The summed E-state index contributed by atoms with van der Waals surface area (Å²) < 4.78 is 18.7. The number of rotatable bonds is 7. The molecule has 0 saturated carbocycles. The van der Waals surface area contributed by atoms with Gasteiger partial charge in [-0.05, 0) is 61.5 Å². The second-order valence-electron chi connectivity index (χ2n) is 7.78. The molecule has 3 aromatic rings. The largest absolute Gasteiger partial charge is 0.392 e. The molecule has 5 nitrogen and oxygen atoms in total. The zero-order valence-electron chi connectivity index (χ0n) is 16.4. The van der Waals surface area contributed by atoms with E-state index in [0.29, 0.717) is 37.0 Å². The molecule has 1 atom stereocenters. The maximum atomic E-state index is 13.3. The van der Waals surface area contributed by atoms with Gasteiger partial charge in [0.1, 0.15) is 5.82 Å². The van der Waals surface area contributed by atoms with Crippen LogP contribution in [0.3, 0.4) is 0 Å². The summed E-state index contributed by atoms with van der Waals surface area (Å²) in [5, 5.41) is 14.6. The van der Waals surface area contributed by atoms with E-state index in [9.17, 15) is 9.50 Å². The molecule has 2 heterocycles. The third kappa shape index (κ3) is 5.49. The Morgan fingerprint density at radius 3 is 2.59 bits per heavy atom. The molecule has 0 amide bonds. The van der Waals surface area contributed by atoms with Crippen LogP contribution in [0.1, 0.15) is 35.7 Å². The number of nitrogens with zero attached hydrogens (tertiary/aromatic N) is 3. The van der Waals surface area contributed by atoms with Crippen LogP contribution in [-0.2, 0) is 19.4 Å². The molecule has 6 heteroatoms. The van der Waals surface area contributed by atoms with Crippen molar-refractivity contribution in [3.8, 4) is 0 Å². The molecular weight excluding hydrogens is 369 g/mol. The van der Waals surface area contributed by atoms with Gasteiger partial charge in [-0.2, -0.15) is 4.98 Å². The van der Waals surface area contributed by atoms with Gasteiger partial charge < -0.3 is 9.63 Å². The molecule has 1 fully saturated rings. The number of halogens is 1. The summed E-state index contributed by atoms with van der Waals surface area (Å²) in [4.78, 5) is 6.73. The Hall–Kier alpha value is -2.57. The molecule has 2 aromatic carbocycles. The maximum absolute atomic E-state index is 13.3. The molecule has 1 aliphatic rings. The van der Waals surface area contributed by atoms with Crippen LogP contribution in [0.4, 0.5) is 4.39 Å². The maximum Gasteiger partial charge on any atom is 0.240 e. The molecule has 0 radical (unpaired) electrons. The van der Waals surface area contributed by atoms with Crippen LogP contribution in [0.15, 0.2) is 59.1 Å². The standard InChI is InChI=1S/C23H26FN3O2/c24-20-8-4-7-18(13-20)15-22-25-23(29-26-22)16-27-11-9-19(10-12-27)21(28)14-17-5-2-1-3-6-17/h1-8,13,19,21,28H,9-12,14-16H2. The third-order valence-corrected chi connectivity index (χ3v) is 5.58. The molecule has 4 rings (SSSR count). The highest BCUT2D eigenvalue weighted by molar-refractivity contribution is 5.19. The second-order valence-corrected chi connectivity index (χ2v) is 7.78. The van der Waals surface area contributed by atoms with E-state index in [-0.39, 0.29) is 11.9 Å². The summed E-state index contributed by atoms with van der Waals surface area (Å²) >= 11 is 0. The third-order valence-electron chi connectivity index (χ3n) is 5.58. The van der Waals surface area contributed by atoms with Crippen molar-refractivity contribution < 1.29 is 14.0 Å². The number of hydrogen-bond acceptors (Lipinski definition) is 5. The lowest BCUT2D eigenvalue weighted by Crippen LogP contribution is -2.38. The van der Waals surface area contributed by atoms with E-state index >= 15 is 0 Å². The van der Waals surface area contributed by atoms with Crippen molar-refractivity contribution in [3.63, 3.8) is 0 Å². The van der Waals surface area contributed by atoms with Gasteiger partial charge in [-0.1, -0.05) is 47.6 Å². The SMILES string of the molecule is OC(Cc1ccccc1)C1CCN(Cc2nc(Cc3cccc(F)c3)no2)CC1. The quantitative estimate of drug-likeness (QED) is 0.662. The summed E-state index contributed by atoms with van der Waals surface area (Å²) in [5.41, 5.74) is 2.00. The normalized spacial score (nSPS) is 16.8. The first kappa shape index (κ1) is 19.7. The topological polar surface area (TPSA) is 62.4 Å². The van der Waals surface area contributed by atoms with Gasteiger partial charge in [-0.25, -0.2) is 4.39 Å². The van der Waals surface area contributed by atoms with Gasteiger partial charge in [0.25, 0.3) is 0 Å². The van der Waals surface area contributed by atoms with E-state index in [1.807, 2.05) is 24.3 Å². The molecule has 1 unspecified atom stereocenters. The van der Waals surface area contributed by atoms with Crippen molar-refractivity contribution >= 4 is 0 Å². The van der Waals surface area contributed by atoms with Gasteiger partial charge in [0.2, 0.25) is 5.89 Å². The zero-order chi connectivity index (χ0) is 20.1. The Bertz CT molecular complexity index is 907. The van der Waals surface area contributed by atoms with Crippen molar-refractivity contribution in [2.75, 3.05) is 13.1 Å². The number of likely N-dealkylation sites (tertiary alicyclic amines) is 1. The van der Waals surface area contributed by atoms with Gasteiger partial charge in [-0.3, -0.25) is 4.90 Å². The molecule has 0 spiro atoms. The van der Waals surface area contributed by atoms with Crippen molar-refractivity contribution in [3.05, 3.63) is 83.3 Å². The van der Waals surface area contributed by atoms with E-state index in [1.54, 1.807) is 6.07 Å². The Morgan fingerprint density at radius 2 is 1.83 bits per heavy atom. The number of aromatic nitrogens is 2. The fraction of sp³-hybridized carbons (Fsp3) is 0.391. The van der Waals surface area contributed by atoms with Gasteiger partial charge in [0, 0.05) is 6.42 Å².